The zero-order valence-corrected chi connectivity index (χ0v) is 27.7. The number of aryl methyl sites for hydroxylation is 1. The van der Waals surface area contributed by atoms with Crippen molar-refractivity contribution in [2.75, 3.05) is 39.3 Å². The number of fused-ring (bicyclic) bond motifs is 2. The Labute approximate surface area is 277 Å². The van der Waals surface area contributed by atoms with Crippen molar-refractivity contribution in [3.63, 3.8) is 0 Å². The Morgan fingerprint density at radius 1 is 0.979 bits per heavy atom. The number of carbonyl (C=O) groups excluding carboxylic acids is 3. The molecule has 1 N–H and O–H groups in total. The van der Waals surface area contributed by atoms with Gasteiger partial charge in [-0.25, -0.2) is 4.39 Å². The molecule has 9 heteroatoms. The number of hydrogen-bond donors (Lipinski definition) is 1. The number of ketones is 1. The van der Waals surface area contributed by atoms with Gasteiger partial charge in [-0.1, -0.05) is 24.6 Å². The third-order valence-corrected chi connectivity index (χ3v) is 11.6. The minimum atomic E-state index is -0.429. The van der Waals surface area contributed by atoms with Gasteiger partial charge < -0.3 is 14.7 Å². The molecule has 3 aliphatic heterocycles. The first kappa shape index (κ1) is 32.0. The van der Waals surface area contributed by atoms with E-state index in [1.807, 2.05) is 29.0 Å². The van der Waals surface area contributed by atoms with Gasteiger partial charge in [-0.05, 0) is 112 Å². The van der Waals surface area contributed by atoms with Crippen LogP contribution in [-0.2, 0) is 33.6 Å². The molecule has 1 unspecified atom stereocenters. The molecule has 3 saturated heterocycles. The predicted octanol–water partition coefficient (Wildman–Crippen LogP) is 5.26. The summed E-state index contributed by atoms with van der Waals surface area (Å²) in [5.41, 5.74) is 4.63. The Morgan fingerprint density at radius 3 is 2.49 bits per heavy atom. The van der Waals surface area contributed by atoms with E-state index in [9.17, 15) is 18.8 Å². The number of Topliss-reactive ketones (excluding diaryl/α,β-unsaturated/α-hetero) is 1. The quantitative estimate of drug-likeness (QED) is 0.381. The van der Waals surface area contributed by atoms with Crippen molar-refractivity contribution >= 4 is 28.5 Å². The number of nitrogens with one attached hydrogen (secondary N) is 1. The van der Waals surface area contributed by atoms with Crippen molar-refractivity contribution in [2.24, 2.45) is 17.8 Å². The van der Waals surface area contributed by atoms with Crippen LogP contribution in [0.15, 0.2) is 36.5 Å². The number of aromatic nitrogens is 2. The second-order valence-electron chi connectivity index (χ2n) is 14.6. The molecule has 1 aliphatic carbocycles. The van der Waals surface area contributed by atoms with E-state index in [0.717, 1.165) is 66.4 Å². The Hall–Kier alpha value is -3.59. The molecule has 2 aromatic carbocycles. The number of aromatic amines is 1. The molecule has 0 bridgehead atoms. The van der Waals surface area contributed by atoms with Gasteiger partial charge in [0.1, 0.15) is 11.6 Å². The smallest absolute Gasteiger partial charge is 0.226 e. The second kappa shape index (κ2) is 13.9. The van der Waals surface area contributed by atoms with Crippen molar-refractivity contribution in [2.45, 2.75) is 83.6 Å². The lowest BCUT2D eigenvalue weighted by atomic mass is 9.73. The van der Waals surface area contributed by atoms with Crippen LogP contribution in [0.3, 0.4) is 0 Å². The molecule has 7 rings (SSSR count). The van der Waals surface area contributed by atoms with Gasteiger partial charge in [0.25, 0.3) is 0 Å². The summed E-state index contributed by atoms with van der Waals surface area (Å²) in [5, 5.41) is 8.28. The molecule has 2 atom stereocenters. The first-order valence-electron chi connectivity index (χ1n) is 17.9. The number of likely N-dealkylation sites (tertiary alicyclic amines) is 3. The Kier molecular flexibility index (Phi) is 9.44. The van der Waals surface area contributed by atoms with Crippen molar-refractivity contribution < 1.29 is 18.8 Å². The van der Waals surface area contributed by atoms with E-state index in [-0.39, 0.29) is 48.1 Å². The maximum Gasteiger partial charge on any atom is 0.226 e. The lowest BCUT2D eigenvalue weighted by molar-refractivity contribution is -0.143. The second-order valence-corrected chi connectivity index (χ2v) is 14.6. The summed E-state index contributed by atoms with van der Waals surface area (Å²) in [6, 6.07) is 9.86. The van der Waals surface area contributed by atoms with Gasteiger partial charge in [-0.15, -0.1) is 0 Å². The van der Waals surface area contributed by atoms with Crippen molar-refractivity contribution in [3.05, 3.63) is 64.6 Å². The molecule has 47 heavy (non-hydrogen) atoms. The van der Waals surface area contributed by atoms with E-state index in [1.165, 1.54) is 38.4 Å². The van der Waals surface area contributed by atoms with Crippen LogP contribution in [-0.4, -0.2) is 87.8 Å². The summed E-state index contributed by atoms with van der Waals surface area (Å²) in [4.78, 5) is 47.7. The minimum absolute atomic E-state index is 0.0218. The average molecular weight is 642 g/mol. The monoisotopic (exact) mass is 641 g/mol. The van der Waals surface area contributed by atoms with Crippen LogP contribution in [0.2, 0.25) is 0 Å². The zero-order chi connectivity index (χ0) is 32.5. The Morgan fingerprint density at radius 2 is 1.72 bits per heavy atom. The molecule has 3 fully saturated rings. The molecule has 1 aromatic heterocycles. The van der Waals surface area contributed by atoms with E-state index in [0.29, 0.717) is 37.5 Å². The van der Waals surface area contributed by atoms with Crippen molar-refractivity contribution in [1.29, 1.82) is 0 Å². The molecule has 4 aliphatic rings. The van der Waals surface area contributed by atoms with Crippen LogP contribution in [0.25, 0.3) is 10.9 Å². The lowest BCUT2D eigenvalue weighted by Gasteiger charge is -2.41. The molecule has 2 amide bonds. The molecular weight excluding hydrogens is 593 g/mol. The van der Waals surface area contributed by atoms with Gasteiger partial charge in [-0.2, -0.15) is 5.10 Å². The maximum absolute atomic E-state index is 14.3. The number of piperidine rings is 3. The van der Waals surface area contributed by atoms with Crippen molar-refractivity contribution in [3.8, 4) is 0 Å². The molecule has 4 heterocycles. The number of halogens is 1. The topological polar surface area (TPSA) is 89.6 Å². The van der Waals surface area contributed by atoms with Gasteiger partial charge in [0.15, 0.2) is 0 Å². The van der Waals surface area contributed by atoms with Crippen LogP contribution < -0.4 is 0 Å². The summed E-state index contributed by atoms with van der Waals surface area (Å²) in [6.45, 7) is 7.06. The number of benzene rings is 2. The zero-order valence-electron chi connectivity index (χ0n) is 27.7. The number of rotatable bonds is 7. The first-order valence-corrected chi connectivity index (χ1v) is 17.9. The van der Waals surface area contributed by atoms with Gasteiger partial charge in [0.05, 0.1) is 17.6 Å². The number of H-pyrrole nitrogens is 1. The fraction of sp³-hybridized carbons (Fsp3) is 0.579. The van der Waals surface area contributed by atoms with E-state index in [2.05, 4.69) is 27.2 Å². The fourth-order valence-electron chi connectivity index (χ4n) is 8.92. The summed E-state index contributed by atoms with van der Waals surface area (Å²) in [7, 11) is 0. The normalized spacial score (nSPS) is 22.4. The minimum Gasteiger partial charge on any atom is -0.343 e. The summed E-state index contributed by atoms with van der Waals surface area (Å²) in [5.74, 6) is -0.419. The van der Waals surface area contributed by atoms with Gasteiger partial charge in [-0.3, -0.25) is 19.5 Å². The van der Waals surface area contributed by atoms with Gasteiger partial charge in [0.2, 0.25) is 11.8 Å². The van der Waals surface area contributed by atoms with E-state index in [1.54, 1.807) is 6.07 Å². The summed E-state index contributed by atoms with van der Waals surface area (Å²) < 4.78 is 14.3. The molecule has 3 aromatic rings. The first-order chi connectivity index (χ1) is 22.8. The van der Waals surface area contributed by atoms with E-state index in [4.69, 9.17) is 0 Å². The molecule has 0 radical (unpaired) electrons. The summed E-state index contributed by atoms with van der Waals surface area (Å²) >= 11 is 0. The number of hydrogen-bond acceptors (Lipinski definition) is 5. The molecule has 250 valence electrons. The number of carbonyl (C=O) groups is 3. The SMILES string of the molecule is Cc1cc(C[C@@H](CC(=O)N2CCC(C3Cc4cccc(F)c4CC3=O)CC2)C(=O)N2CCC(N3CCCCC3)CC2)cc2cn[nH]c12. The molecular formula is C38H48FN5O3. The highest BCUT2D eigenvalue weighted by Crippen LogP contribution is 2.35. The van der Waals surface area contributed by atoms with Crippen LogP contribution in [0.1, 0.15) is 73.6 Å². The maximum atomic E-state index is 14.3. The highest BCUT2D eigenvalue weighted by molar-refractivity contribution is 5.88. The number of nitrogens with zero attached hydrogens (tertiary/aromatic N) is 4. The van der Waals surface area contributed by atoms with Gasteiger partial charge in [0, 0.05) is 56.4 Å². The van der Waals surface area contributed by atoms with E-state index < -0.39 is 5.92 Å². The van der Waals surface area contributed by atoms with Gasteiger partial charge >= 0.3 is 0 Å². The Bertz CT molecular complexity index is 1610. The van der Waals surface area contributed by atoms with Crippen LogP contribution >= 0.6 is 0 Å². The van der Waals surface area contributed by atoms with Crippen molar-refractivity contribution in [1.82, 2.24) is 24.9 Å². The van der Waals surface area contributed by atoms with Crippen LogP contribution in [0.5, 0.6) is 0 Å². The molecule has 0 saturated carbocycles. The summed E-state index contributed by atoms with van der Waals surface area (Å²) in [6.07, 6.45) is 10.6. The predicted molar refractivity (Wildman–Crippen MR) is 179 cm³/mol. The van der Waals surface area contributed by atoms with Crippen LogP contribution in [0, 0.1) is 30.5 Å². The largest absolute Gasteiger partial charge is 0.343 e. The lowest BCUT2D eigenvalue weighted by Crippen LogP contribution is -2.50. The average Bonchev–Trinajstić information content (AvgIpc) is 3.58. The van der Waals surface area contributed by atoms with E-state index >= 15 is 0 Å². The third-order valence-electron chi connectivity index (χ3n) is 11.6. The number of amides is 2. The molecule has 0 spiro atoms. The highest BCUT2D eigenvalue weighted by atomic mass is 19.1. The third kappa shape index (κ3) is 6.87. The standard InChI is InChI=1S/C38H48FN5O3/c1-25-18-26(20-30-24-40-41-37(25)30)19-29(38(47)44-16-10-31(11-17-44)42-12-3-2-4-13-42)22-36(46)43-14-8-27(9-15-43)33-21-28-6-5-7-34(39)32(28)23-35(33)45/h5-7,18,20,24,27,29,31,33H,2-4,8-17,19,21-23H2,1H3,(H,40,41)/t29-,33?/m0/s1. The Balaban J connectivity index is 1.01. The fourth-order valence-corrected chi connectivity index (χ4v) is 8.92. The molecule has 8 nitrogen and oxygen atoms in total. The highest BCUT2D eigenvalue weighted by Gasteiger charge is 2.38. The van der Waals surface area contributed by atoms with Crippen LogP contribution in [0.4, 0.5) is 4.39 Å².